The van der Waals surface area contributed by atoms with E-state index in [9.17, 15) is 15.8 Å². The van der Waals surface area contributed by atoms with E-state index in [1.165, 1.54) is 10.8 Å². The van der Waals surface area contributed by atoms with Gasteiger partial charge in [0.25, 0.3) is 0 Å². The average molecular weight is 725 g/mol. The molecule has 6 nitrogen and oxygen atoms in total. The smallest absolute Gasteiger partial charge is 0.101 e. The summed E-state index contributed by atoms with van der Waals surface area (Å²) in [5, 5.41) is 37.0. The minimum atomic E-state index is 0.527. The van der Waals surface area contributed by atoms with E-state index < -0.39 is 0 Å². The van der Waals surface area contributed by atoms with Crippen LogP contribution in [-0.4, -0.2) is 13.7 Å². The lowest BCUT2D eigenvalue weighted by atomic mass is 9.98. The van der Waals surface area contributed by atoms with E-state index >= 15 is 0 Å². The van der Waals surface area contributed by atoms with Gasteiger partial charge in [-0.1, -0.05) is 91.0 Å². The third-order valence-corrected chi connectivity index (χ3v) is 11.3. The molecule has 0 N–H and O–H groups in total. The van der Waals surface area contributed by atoms with Crippen molar-refractivity contribution < 1.29 is 0 Å². The van der Waals surface area contributed by atoms with Crippen LogP contribution in [-0.2, 0) is 0 Å². The first-order chi connectivity index (χ1) is 28.2. The summed E-state index contributed by atoms with van der Waals surface area (Å²) in [6.07, 6.45) is 0. The van der Waals surface area contributed by atoms with Crippen LogP contribution in [0, 0.1) is 34.0 Å². The number of nitrogens with zero attached hydrogens (tertiary/aromatic N) is 6. The second kappa shape index (κ2) is 12.3. The quantitative estimate of drug-likeness (QED) is 0.181. The van der Waals surface area contributed by atoms with Crippen LogP contribution in [0.25, 0.3) is 93.6 Å². The van der Waals surface area contributed by atoms with Gasteiger partial charge in [0.1, 0.15) is 6.07 Å². The number of rotatable bonds is 4. The Labute approximate surface area is 326 Å². The molecule has 0 atom stereocenters. The van der Waals surface area contributed by atoms with E-state index in [0.717, 1.165) is 82.8 Å². The van der Waals surface area contributed by atoms with Gasteiger partial charge in [0.15, 0.2) is 0 Å². The number of aromatic nitrogens is 3. The van der Waals surface area contributed by atoms with Crippen molar-refractivity contribution in [2.45, 2.75) is 0 Å². The van der Waals surface area contributed by atoms with Gasteiger partial charge >= 0.3 is 0 Å². The monoisotopic (exact) mass is 724 g/mol. The van der Waals surface area contributed by atoms with Gasteiger partial charge in [-0.2, -0.15) is 15.8 Å². The van der Waals surface area contributed by atoms with Crippen LogP contribution in [0.4, 0.5) is 0 Å². The molecule has 3 heterocycles. The Morgan fingerprint density at radius 2 is 0.842 bits per heavy atom. The Kier molecular flexibility index (Phi) is 6.95. The van der Waals surface area contributed by atoms with Gasteiger partial charge in [0.05, 0.1) is 73.3 Å². The van der Waals surface area contributed by atoms with Crippen molar-refractivity contribution in [1.29, 1.82) is 15.8 Å². The Morgan fingerprint density at radius 3 is 1.47 bits per heavy atom. The highest BCUT2D eigenvalue weighted by Gasteiger charge is 2.23. The lowest BCUT2D eigenvalue weighted by Gasteiger charge is -2.19. The minimum absolute atomic E-state index is 0.527. The van der Waals surface area contributed by atoms with Gasteiger partial charge in [-0.3, -0.25) is 0 Å². The Morgan fingerprint density at radius 1 is 0.333 bits per heavy atom. The van der Waals surface area contributed by atoms with Crippen molar-refractivity contribution in [1.82, 2.24) is 13.7 Å². The predicted octanol–water partition coefficient (Wildman–Crippen LogP) is 12.3. The largest absolute Gasteiger partial charge is 0.309 e. The lowest BCUT2D eigenvalue weighted by molar-refractivity contribution is 1.14. The average Bonchev–Trinajstić information content (AvgIpc) is 3.90. The first kappa shape index (κ1) is 32.1. The van der Waals surface area contributed by atoms with E-state index in [4.69, 9.17) is 0 Å². The van der Waals surface area contributed by atoms with Crippen LogP contribution < -0.4 is 0 Å². The van der Waals surface area contributed by atoms with E-state index in [0.29, 0.717) is 16.7 Å². The molecule has 11 aromatic rings. The molecule has 0 unspecified atom stereocenters. The minimum Gasteiger partial charge on any atom is -0.309 e. The first-order valence-electron chi connectivity index (χ1n) is 18.7. The number of hydrogen-bond acceptors (Lipinski definition) is 3. The zero-order chi connectivity index (χ0) is 38.2. The Hall–Kier alpha value is -8.37. The van der Waals surface area contributed by atoms with Gasteiger partial charge in [-0.15, -0.1) is 0 Å². The Bertz CT molecular complexity index is 3580. The molecule has 0 aliphatic rings. The molecule has 0 saturated heterocycles. The fourth-order valence-electron chi connectivity index (χ4n) is 8.95. The van der Waals surface area contributed by atoms with Gasteiger partial charge in [0.2, 0.25) is 0 Å². The maximum Gasteiger partial charge on any atom is 0.101 e. The number of para-hydroxylation sites is 5. The molecule has 3 aromatic heterocycles. The summed E-state index contributed by atoms with van der Waals surface area (Å²) in [6.45, 7) is 0. The second-order valence-electron chi connectivity index (χ2n) is 14.3. The molecular formula is C51H28N6. The molecule has 11 rings (SSSR count). The first-order valence-corrected chi connectivity index (χ1v) is 18.7. The standard InChI is InChI=1S/C51H28N6/c52-29-32-20-24-48-42(26-32)39-14-4-5-16-44(39)55(48)35-22-23-40-43-27-33(30-53)21-25-49(43)57(50(40)28-35)51-34(31-54)10-9-15-41(51)38-13-3-8-19-47(38)56-45-17-6-1-11-36(45)37-12-2-7-18-46(37)56/h1-28H. The van der Waals surface area contributed by atoms with Crippen molar-refractivity contribution in [2.75, 3.05) is 0 Å². The molecule has 0 bridgehead atoms. The molecular weight excluding hydrogens is 697 g/mol. The van der Waals surface area contributed by atoms with Crippen molar-refractivity contribution in [3.05, 3.63) is 187 Å². The third-order valence-electron chi connectivity index (χ3n) is 11.3. The highest BCUT2D eigenvalue weighted by atomic mass is 15.0. The lowest BCUT2D eigenvalue weighted by Crippen LogP contribution is -2.04. The van der Waals surface area contributed by atoms with Gasteiger partial charge in [-0.25, -0.2) is 0 Å². The topological polar surface area (TPSA) is 86.2 Å². The van der Waals surface area contributed by atoms with Crippen molar-refractivity contribution >= 4 is 65.4 Å². The fraction of sp³-hybridized carbons (Fsp3) is 0. The predicted molar refractivity (Wildman–Crippen MR) is 229 cm³/mol. The number of benzene rings is 8. The van der Waals surface area contributed by atoms with Crippen LogP contribution >= 0.6 is 0 Å². The van der Waals surface area contributed by atoms with Crippen LogP contribution in [0.2, 0.25) is 0 Å². The summed E-state index contributed by atoms with van der Waals surface area (Å²) in [5.74, 6) is 0. The molecule has 0 aliphatic carbocycles. The second-order valence-corrected chi connectivity index (χ2v) is 14.3. The maximum absolute atomic E-state index is 10.9. The molecule has 0 amide bonds. The normalized spacial score (nSPS) is 11.5. The van der Waals surface area contributed by atoms with Crippen molar-refractivity contribution in [2.24, 2.45) is 0 Å². The molecule has 0 fully saturated rings. The Balaban J connectivity index is 1.24. The molecule has 57 heavy (non-hydrogen) atoms. The highest BCUT2D eigenvalue weighted by Crippen LogP contribution is 2.43. The zero-order valence-corrected chi connectivity index (χ0v) is 30.3. The summed E-state index contributed by atoms with van der Waals surface area (Å²) in [6, 6.07) is 64.8. The molecule has 262 valence electrons. The summed E-state index contributed by atoms with van der Waals surface area (Å²) in [7, 11) is 0. The number of nitriles is 3. The molecule has 0 saturated carbocycles. The van der Waals surface area contributed by atoms with Crippen LogP contribution in [0.15, 0.2) is 170 Å². The molecule has 0 radical (unpaired) electrons. The zero-order valence-electron chi connectivity index (χ0n) is 30.3. The van der Waals surface area contributed by atoms with Crippen molar-refractivity contribution in [3.63, 3.8) is 0 Å². The van der Waals surface area contributed by atoms with Gasteiger partial charge < -0.3 is 13.7 Å². The summed E-state index contributed by atoms with van der Waals surface area (Å²) >= 11 is 0. The van der Waals surface area contributed by atoms with Crippen LogP contribution in [0.3, 0.4) is 0 Å². The van der Waals surface area contributed by atoms with Gasteiger partial charge in [-0.05, 0) is 78.9 Å². The van der Waals surface area contributed by atoms with E-state index in [-0.39, 0.29) is 0 Å². The summed E-state index contributed by atoms with van der Waals surface area (Å²) < 4.78 is 6.77. The van der Waals surface area contributed by atoms with E-state index in [1.54, 1.807) is 0 Å². The highest BCUT2D eigenvalue weighted by molar-refractivity contribution is 6.13. The fourth-order valence-corrected chi connectivity index (χ4v) is 8.95. The third kappa shape index (κ3) is 4.61. The van der Waals surface area contributed by atoms with Crippen LogP contribution in [0.5, 0.6) is 0 Å². The van der Waals surface area contributed by atoms with Crippen molar-refractivity contribution in [3.8, 4) is 46.4 Å². The van der Waals surface area contributed by atoms with E-state index in [1.807, 2.05) is 60.7 Å². The summed E-state index contributed by atoms with van der Waals surface area (Å²) in [4.78, 5) is 0. The van der Waals surface area contributed by atoms with Gasteiger partial charge in [0, 0.05) is 49.1 Å². The molecule has 8 aromatic carbocycles. The number of fused-ring (bicyclic) bond motifs is 9. The molecule has 6 heteroatoms. The molecule has 0 spiro atoms. The van der Waals surface area contributed by atoms with Crippen LogP contribution in [0.1, 0.15) is 16.7 Å². The maximum atomic E-state index is 10.9. The summed E-state index contributed by atoms with van der Waals surface area (Å²) in [5.41, 5.74) is 12.3. The SMILES string of the molecule is N#Cc1ccc2c(c1)c1ccccc1n2-c1ccc2c3cc(C#N)ccc3n(-c3c(C#N)cccc3-c3ccccc3-n3c4ccccc4c4ccccc43)c2c1. The van der Waals surface area contributed by atoms with E-state index in [2.05, 4.69) is 141 Å². The number of hydrogen-bond donors (Lipinski definition) is 0. The molecule has 0 aliphatic heterocycles.